The Bertz CT molecular complexity index is 822. The molecule has 4 rings (SSSR count). The lowest BCUT2D eigenvalue weighted by molar-refractivity contribution is -0.141. The first kappa shape index (κ1) is 16.9. The van der Waals surface area contributed by atoms with Crippen molar-refractivity contribution in [2.45, 2.75) is 31.7 Å². The summed E-state index contributed by atoms with van der Waals surface area (Å²) in [5.74, 6) is -0.255. The smallest absolute Gasteiger partial charge is 0.240 e. The molecule has 2 heterocycles. The fraction of sp³-hybridized carbons (Fsp3) is 0.429. The van der Waals surface area contributed by atoms with E-state index in [0.29, 0.717) is 13.0 Å². The summed E-state index contributed by atoms with van der Waals surface area (Å²) in [4.78, 5) is 28.6. The van der Waals surface area contributed by atoms with Crippen molar-refractivity contribution in [3.05, 3.63) is 42.5 Å². The van der Waals surface area contributed by atoms with Crippen LogP contribution in [-0.4, -0.2) is 42.4 Å². The van der Waals surface area contributed by atoms with Gasteiger partial charge in [-0.25, -0.2) is 0 Å². The Morgan fingerprint density at radius 2 is 1.65 bits per heavy atom. The number of nitrogens with two attached hydrogens (primary N) is 1. The molecule has 0 unspecified atom stereocenters. The molecule has 2 amide bonds. The summed E-state index contributed by atoms with van der Waals surface area (Å²) in [5.41, 5.74) is 6.71. The van der Waals surface area contributed by atoms with Crippen LogP contribution in [0.25, 0.3) is 10.8 Å². The number of anilines is 1. The van der Waals surface area contributed by atoms with Gasteiger partial charge in [0.15, 0.2) is 0 Å². The van der Waals surface area contributed by atoms with Gasteiger partial charge in [-0.3, -0.25) is 9.59 Å². The Morgan fingerprint density at radius 3 is 2.42 bits per heavy atom. The number of rotatable bonds is 3. The molecular weight excluding hydrogens is 326 g/mol. The van der Waals surface area contributed by atoms with Crippen LogP contribution in [0.4, 0.5) is 5.69 Å². The predicted octanol–water partition coefficient (Wildman–Crippen LogP) is 2.53. The van der Waals surface area contributed by atoms with Gasteiger partial charge in [0.2, 0.25) is 11.8 Å². The van der Waals surface area contributed by atoms with Crippen LogP contribution in [0.3, 0.4) is 0 Å². The normalized spacial score (nSPS) is 21.3. The molecule has 0 bridgehead atoms. The molecule has 0 aliphatic carbocycles. The standard InChI is InChI=1S/C21H25N3O2/c22-20(25)19-9-4-12-24(19)21(26)16-10-13-23(14-11-16)18-8-3-6-15-5-1-2-7-17(15)18/h1-3,5-8,16,19H,4,9-14H2,(H2,22,25)/t19-/m0/s1. The average molecular weight is 351 g/mol. The number of hydrogen-bond acceptors (Lipinski definition) is 3. The third-order valence-corrected chi connectivity index (χ3v) is 5.82. The number of carbonyl (C=O) groups is 2. The zero-order chi connectivity index (χ0) is 18.1. The summed E-state index contributed by atoms with van der Waals surface area (Å²) in [7, 11) is 0. The van der Waals surface area contributed by atoms with E-state index in [0.717, 1.165) is 32.4 Å². The van der Waals surface area contributed by atoms with Crippen molar-refractivity contribution in [3.8, 4) is 0 Å². The lowest BCUT2D eigenvalue weighted by Gasteiger charge is -2.36. The average Bonchev–Trinajstić information content (AvgIpc) is 3.17. The number of fused-ring (bicyclic) bond motifs is 1. The van der Waals surface area contributed by atoms with Crippen LogP contribution in [0.15, 0.2) is 42.5 Å². The van der Waals surface area contributed by atoms with Crippen molar-refractivity contribution in [3.63, 3.8) is 0 Å². The molecule has 2 aromatic carbocycles. The summed E-state index contributed by atoms with van der Waals surface area (Å²) >= 11 is 0. The van der Waals surface area contributed by atoms with Crippen LogP contribution in [0.5, 0.6) is 0 Å². The van der Waals surface area contributed by atoms with Gasteiger partial charge in [0.1, 0.15) is 6.04 Å². The lowest BCUT2D eigenvalue weighted by atomic mass is 9.94. The van der Waals surface area contributed by atoms with Gasteiger partial charge in [0.25, 0.3) is 0 Å². The van der Waals surface area contributed by atoms with E-state index in [1.165, 1.54) is 16.5 Å². The van der Waals surface area contributed by atoms with Gasteiger partial charge in [-0.1, -0.05) is 36.4 Å². The second-order valence-corrected chi connectivity index (χ2v) is 7.35. The maximum Gasteiger partial charge on any atom is 0.240 e. The second kappa shape index (κ2) is 6.98. The van der Waals surface area contributed by atoms with Gasteiger partial charge < -0.3 is 15.5 Å². The molecule has 2 aromatic rings. The molecule has 2 aliphatic rings. The van der Waals surface area contributed by atoms with Crippen LogP contribution in [0.2, 0.25) is 0 Å². The quantitative estimate of drug-likeness (QED) is 0.924. The van der Waals surface area contributed by atoms with Crippen molar-refractivity contribution in [1.82, 2.24) is 4.90 Å². The van der Waals surface area contributed by atoms with E-state index in [1.54, 1.807) is 4.90 Å². The number of piperidine rings is 1. The van der Waals surface area contributed by atoms with Crippen molar-refractivity contribution in [2.75, 3.05) is 24.5 Å². The third kappa shape index (κ3) is 3.02. The molecule has 136 valence electrons. The maximum atomic E-state index is 12.9. The monoisotopic (exact) mass is 351 g/mol. The predicted molar refractivity (Wildman–Crippen MR) is 103 cm³/mol. The van der Waals surface area contributed by atoms with Crippen LogP contribution in [0.1, 0.15) is 25.7 Å². The zero-order valence-corrected chi connectivity index (χ0v) is 14.9. The number of benzene rings is 2. The van der Waals surface area contributed by atoms with E-state index >= 15 is 0 Å². The van der Waals surface area contributed by atoms with E-state index in [9.17, 15) is 9.59 Å². The molecule has 0 radical (unpaired) electrons. The van der Waals surface area contributed by atoms with Gasteiger partial charge in [-0.2, -0.15) is 0 Å². The molecule has 5 nitrogen and oxygen atoms in total. The first-order valence-corrected chi connectivity index (χ1v) is 9.47. The highest BCUT2D eigenvalue weighted by Crippen LogP contribution is 2.31. The first-order valence-electron chi connectivity index (χ1n) is 9.47. The highest BCUT2D eigenvalue weighted by molar-refractivity contribution is 5.94. The Kier molecular flexibility index (Phi) is 4.53. The summed E-state index contributed by atoms with van der Waals surface area (Å²) in [6.45, 7) is 2.38. The van der Waals surface area contributed by atoms with Crippen molar-refractivity contribution < 1.29 is 9.59 Å². The lowest BCUT2D eigenvalue weighted by Crippen LogP contribution is -2.48. The van der Waals surface area contributed by atoms with Gasteiger partial charge >= 0.3 is 0 Å². The topological polar surface area (TPSA) is 66.6 Å². The number of likely N-dealkylation sites (tertiary alicyclic amines) is 1. The summed E-state index contributed by atoms with van der Waals surface area (Å²) in [6.07, 6.45) is 3.22. The van der Waals surface area contributed by atoms with Gasteiger partial charge in [-0.05, 0) is 37.1 Å². The van der Waals surface area contributed by atoms with Gasteiger partial charge in [0.05, 0.1) is 0 Å². The van der Waals surface area contributed by atoms with Crippen LogP contribution < -0.4 is 10.6 Å². The SMILES string of the molecule is NC(=O)[C@@H]1CCCN1C(=O)C1CCN(c2cccc3ccccc23)CC1. The van der Waals surface area contributed by atoms with E-state index in [-0.39, 0.29) is 17.7 Å². The summed E-state index contributed by atoms with van der Waals surface area (Å²) < 4.78 is 0. The molecule has 0 saturated carbocycles. The Morgan fingerprint density at radius 1 is 0.923 bits per heavy atom. The molecule has 2 N–H and O–H groups in total. The zero-order valence-electron chi connectivity index (χ0n) is 14.9. The summed E-state index contributed by atoms with van der Waals surface area (Å²) in [6, 6.07) is 14.4. The van der Waals surface area contributed by atoms with Gasteiger partial charge in [-0.15, -0.1) is 0 Å². The highest BCUT2D eigenvalue weighted by atomic mass is 16.2. The molecule has 2 aliphatic heterocycles. The van der Waals surface area contributed by atoms with Crippen molar-refractivity contribution >= 4 is 28.3 Å². The minimum absolute atomic E-state index is 0.00109. The number of hydrogen-bond donors (Lipinski definition) is 1. The number of carbonyl (C=O) groups excluding carboxylic acids is 2. The van der Waals surface area contributed by atoms with Crippen LogP contribution in [-0.2, 0) is 9.59 Å². The van der Waals surface area contributed by atoms with Crippen LogP contribution >= 0.6 is 0 Å². The van der Waals surface area contributed by atoms with Crippen LogP contribution in [0, 0.1) is 5.92 Å². The molecule has 1 atom stereocenters. The third-order valence-electron chi connectivity index (χ3n) is 5.82. The van der Waals surface area contributed by atoms with Crippen molar-refractivity contribution in [1.29, 1.82) is 0 Å². The number of nitrogens with zero attached hydrogens (tertiary/aromatic N) is 2. The molecule has 0 aromatic heterocycles. The van der Waals surface area contributed by atoms with E-state index in [4.69, 9.17) is 5.73 Å². The second-order valence-electron chi connectivity index (χ2n) is 7.35. The Labute approximate surface area is 153 Å². The maximum absolute atomic E-state index is 12.9. The fourth-order valence-corrected chi connectivity index (χ4v) is 4.41. The largest absolute Gasteiger partial charge is 0.371 e. The molecule has 26 heavy (non-hydrogen) atoms. The summed E-state index contributed by atoms with van der Waals surface area (Å²) in [5, 5.41) is 2.50. The van der Waals surface area contributed by atoms with E-state index in [2.05, 4.69) is 47.4 Å². The first-order chi connectivity index (χ1) is 12.6. The van der Waals surface area contributed by atoms with Gasteiger partial charge in [0, 0.05) is 36.6 Å². The number of amides is 2. The van der Waals surface area contributed by atoms with Crippen molar-refractivity contribution in [2.24, 2.45) is 11.7 Å². The minimum Gasteiger partial charge on any atom is -0.371 e. The molecule has 0 spiro atoms. The number of primary amides is 1. The molecular formula is C21H25N3O2. The molecule has 2 fully saturated rings. The molecule has 2 saturated heterocycles. The Hall–Kier alpha value is -2.56. The minimum atomic E-state index is -0.404. The highest BCUT2D eigenvalue weighted by Gasteiger charge is 2.37. The van der Waals surface area contributed by atoms with E-state index in [1.807, 2.05) is 0 Å². The fourth-order valence-electron chi connectivity index (χ4n) is 4.41. The van der Waals surface area contributed by atoms with E-state index < -0.39 is 6.04 Å². The molecule has 5 heteroatoms. The Balaban J connectivity index is 1.45.